The van der Waals surface area contributed by atoms with Gasteiger partial charge in [-0.2, -0.15) is 0 Å². The monoisotopic (exact) mass is 305 g/mol. The second-order valence-electron chi connectivity index (χ2n) is 3.40. The normalized spacial score (nSPS) is 12.2. The summed E-state index contributed by atoms with van der Waals surface area (Å²) in [5.41, 5.74) is 0. The van der Waals surface area contributed by atoms with Crippen LogP contribution in [0.3, 0.4) is 0 Å². The summed E-state index contributed by atoms with van der Waals surface area (Å²) >= 11 is 4.85. The van der Waals surface area contributed by atoms with Crippen molar-refractivity contribution >= 4 is 39.1 Å². The van der Waals surface area contributed by atoms with Crippen LogP contribution in [0.2, 0.25) is 0 Å². The molecule has 1 rings (SSSR count). The van der Waals surface area contributed by atoms with Crippen molar-refractivity contribution in [1.82, 2.24) is 5.32 Å². The van der Waals surface area contributed by atoms with Gasteiger partial charge in [0.05, 0.1) is 12.5 Å². The predicted octanol–water partition coefficient (Wildman–Crippen LogP) is 2.47. The van der Waals surface area contributed by atoms with Gasteiger partial charge in [0.15, 0.2) is 0 Å². The van der Waals surface area contributed by atoms with E-state index in [1.54, 1.807) is 0 Å². The molecule has 0 spiro atoms. The second-order valence-corrected chi connectivity index (χ2v) is 5.55. The minimum Gasteiger partial charge on any atom is -0.481 e. The lowest BCUT2D eigenvalue weighted by atomic mass is 10.1. The first kappa shape index (κ1) is 13.2. The van der Waals surface area contributed by atoms with E-state index in [4.69, 9.17) is 5.11 Å². The topological polar surface area (TPSA) is 66.4 Å². The molecule has 1 unspecified atom stereocenters. The molecule has 6 heteroatoms. The maximum Gasteiger partial charge on any atom is 0.305 e. The van der Waals surface area contributed by atoms with Crippen LogP contribution in [-0.2, 0) is 9.59 Å². The Morgan fingerprint density at radius 2 is 2.25 bits per heavy atom. The van der Waals surface area contributed by atoms with Crippen LogP contribution in [0.5, 0.6) is 0 Å². The molecular formula is C10H12BrNO3S. The zero-order valence-electron chi connectivity index (χ0n) is 8.91. The van der Waals surface area contributed by atoms with Gasteiger partial charge in [0.2, 0.25) is 5.91 Å². The maximum absolute atomic E-state index is 11.0. The van der Waals surface area contributed by atoms with Crippen LogP contribution in [0.25, 0.3) is 0 Å². The number of thiophene rings is 1. The second kappa shape index (κ2) is 5.45. The lowest BCUT2D eigenvalue weighted by molar-refractivity contribution is -0.137. The van der Waals surface area contributed by atoms with Crippen LogP contribution >= 0.6 is 27.3 Å². The molecule has 1 heterocycles. The minimum atomic E-state index is -0.930. The SMILES string of the molecule is CC(=O)NC(CC(=O)O)c1cc(Br)c(C)s1. The maximum atomic E-state index is 11.0. The summed E-state index contributed by atoms with van der Waals surface area (Å²) in [7, 11) is 0. The van der Waals surface area contributed by atoms with E-state index in [0.717, 1.165) is 14.2 Å². The Bertz CT molecular complexity index is 381. The lowest BCUT2D eigenvalue weighted by Gasteiger charge is -2.13. The highest BCUT2D eigenvalue weighted by Crippen LogP contribution is 2.31. The first-order valence-corrected chi connectivity index (χ1v) is 6.26. The molecular weight excluding hydrogens is 294 g/mol. The number of amides is 1. The quantitative estimate of drug-likeness (QED) is 0.898. The fourth-order valence-electron chi connectivity index (χ4n) is 1.30. The van der Waals surface area contributed by atoms with Crippen molar-refractivity contribution in [2.75, 3.05) is 0 Å². The summed E-state index contributed by atoms with van der Waals surface area (Å²) < 4.78 is 0.938. The standard InChI is InChI=1S/C10H12BrNO3S/c1-5-7(11)3-9(16-5)8(4-10(14)15)12-6(2)13/h3,8H,4H2,1-2H3,(H,12,13)(H,14,15). The zero-order chi connectivity index (χ0) is 12.3. The van der Waals surface area contributed by atoms with Gasteiger partial charge in [0.25, 0.3) is 0 Å². The molecule has 0 fully saturated rings. The Labute approximate surface area is 106 Å². The molecule has 88 valence electrons. The van der Waals surface area contributed by atoms with Crippen LogP contribution in [0.1, 0.15) is 29.1 Å². The average molecular weight is 306 g/mol. The number of hydrogen-bond acceptors (Lipinski definition) is 3. The van der Waals surface area contributed by atoms with Crippen molar-refractivity contribution in [3.63, 3.8) is 0 Å². The van der Waals surface area contributed by atoms with E-state index in [1.165, 1.54) is 18.3 Å². The molecule has 0 saturated carbocycles. The first-order chi connectivity index (χ1) is 7.40. The van der Waals surface area contributed by atoms with Gasteiger partial charge in [-0.25, -0.2) is 0 Å². The van der Waals surface area contributed by atoms with Gasteiger partial charge in [-0.05, 0) is 28.9 Å². The number of aliphatic carboxylic acids is 1. The Morgan fingerprint density at radius 3 is 2.62 bits per heavy atom. The number of rotatable bonds is 4. The van der Waals surface area contributed by atoms with Gasteiger partial charge in [-0.15, -0.1) is 11.3 Å². The molecule has 0 bridgehead atoms. The van der Waals surface area contributed by atoms with E-state index >= 15 is 0 Å². The van der Waals surface area contributed by atoms with Gasteiger partial charge >= 0.3 is 5.97 Å². The molecule has 0 aromatic carbocycles. The van der Waals surface area contributed by atoms with E-state index in [1.807, 2.05) is 13.0 Å². The van der Waals surface area contributed by atoms with Gasteiger partial charge in [-0.3, -0.25) is 9.59 Å². The third-order valence-corrected chi connectivity index (χ3v) is 4.23. The summed E-state index contributed by atoms with van der Waals surface area (Å²) in [6, 6.07) is 1.40. The smallest absolute Gasteiger partial charge is 0.305 e. The fourth-order valence-corrected chi connectivity index (χ4v) is 2.91. The van der Waals surface area contributed by atoms with Crippen molar-refractivity contribution in [3.8, 4) is 0 Å². The molecule has 1 amide bonds. The number of carbonyl (C=O) groups is 2. The molecule has 0 saturated heterocycles. The van der Waals surface area contributed by atoms with Crippen molar-refractivity contribution in [1.29, 1.82) is 0 Å². The lowest BCUT2D eigenvalue weighted by Crippen LogP contribution is -2.27. The number of aryl methyl sites for hydroxylation is 1. The molecule has 4 nitrogen and oxygen atoms in total. The number of carboxylic acid groups (broad SMARTS) is 1. The van der Waals surface area contributed by atoms with Gasteiger partial charge in [-0.1, -0.05) is 0 Å². The molecule has 0 aliphatic carbocycles. The van der Waals surface area contributed by atoms with Crippen LogP contribution in [-0.4, -0.2) is 17.0 Å². The summed E-state index contributed by atoms with van der Waals surface area (Å²) in [5, 5.41) is 11.4. The number of hydrogen-bond donors (Lipinski definition) is 2. The number of halogens is 1. The largest absolute Gasteiger partial charge is 0.481 e. The van der Waals surface area contributed by atoms with Crippen molar-refractivity contribution in [3.05, 3.63) is 20.3 Å². The third kappa shape index (κ3) is 3.61. The summed E-state index contributed by atoms with van der Waals surface area (Å²) in [5.74, 6) is -1.16. The Balaban J connectivity index is 2.90. The van der Waals surface area contributed by atoms with Crippen molar-refractivity contribution in [2.24, 2.45) is 0 Å². The average Bonchev–Trinajstić information content (AvgIpc) is 2.44. The van der Waals surface area contributed by atoms with Crippen molar-refractivity contribution in [2.45, 2.75) is 26.3 Å². The highest BCUT2D eigenvalue weighted by molar-refractivity contribution is 9.10. The Hall–Kier alpha value is -0.880. The fraction of sp³-hybridized carbons (Fsp3) is 0.400. The van der Waals surface area contributed by atoms with E-state index in [9.17, 15) is 9.59 Å². The molecule has 0 aliphatic heterocycles. The molecule has 1 aromatic rings. The molecule has 2 N–H and O–H groups in total. The number of nitrogens with one attached hydrogen (secondary N) is 1. The predicted molar refractivity (Wildman–Crippen MR) is 65.6 cm³/mol. The van der Waals surface area contributed by atoms with Crippen molar-refractivity contribution < 1.29 is 14.7 Å². The Morgan fingerprint density at radius 1 is 1.62 bits per heavy atom. The van der Waals surface area contributed by atoms with Crippen LogP contribution < -0.4 is 5.32 Å². The summed E-state index contributed by atoms with van der Waals surface area (Å²) in [6.45, 7) is 3.31. The minimum absolute atomic E-state index is 0.105. The number of carbonyl (C=O) groups excluding carboxylic acids is 1. The van der Waals surface area contributed by atoms with E-state index in [-0.39, 0.29) is 12.3 Å². The van der Waals surface area contributed by atoms with Gasteiger partial charge in [0.1, 0.15) is 0 Å². The molecule has 0 aliphatic rings. The summed E-state index contributed by atoms with van der Waals surface area (Å²) in [6.07, 6.45) is -0.105. The van der Waals surface area contributed by atoms with E-state index in [0.29, 0.717) is 0 Å². The van der Waals surface area contributed by atoms with Gasteiger partial charge < -0.3 is 10.4 Å². The highest BCUT2D eigenvalue weighted by atomic mass is 79.9. The van der Waals surface area contributed by atoms with Gasteiger partial charge in [0, 0.05) is 21.2 Å². The molecule has 1 atom stereocenters. The van der Waals surface area contributed by atoms with Crippen LogP contribution in [0.15, 0.2) is 10.5 Å². The molecule has 0 radical (unpaired) electrons. The number of carboxylic acids is 1. The molecule has 16 heavy (non-hydrogen) atoms. The molecule has 1 aromatic heterocycles. The van der Waals surface area contributed by atoms with Crippen LogP contribution in [0, 0.1) is 6.92 Å². The van der Waals surface area contributed by atoms with Crippen LogP contribution in [0.4, 0.5) is 0 Å². The Kier molecular flexibility index (Phi) is 4.49. The zero-order valence-corrected chi connectivity index (χ0v) is 11.3. The summed E-state index contributed by atoms with van der Waals surface area (Å²) in [4.78, 5) is 23.6. The van der Waals surface area contributed by atoms with E-state index < -0.39 is 12.0 Å². The van der Waals surface area contributed by atoms with E-state index in [2.05, 4.69) is 21.2 Å². The third-order valence-electron chi connectivity index (χ3n) is 1.98. The highest BCUT2D eigenvalue weighted by Gasteiger charge is 2.19. The first-order valence-electron chi connectivity index (χ1n) is 4.65.